The highest BCUT2D eigenvalue weighted by Gasteiger charge is 2.35. The zero-order chi connectivity index (χ0) is 12.4. The molecule has 0 aromatic carbocycles. The molecule has 1 aliphatic rings. The molecule has 0 radical (unpaired) electrons. The zero-order valence-electron chi connectivity index (χ0n) is 10.2. The van der Waals surface area contributed by atoms with E-state index in [4.69, 9.17) is 0 Å². The van der Waals surface area contributed by atoms with Gasteiger partial charge in [-0.3, -0.25) is 9.69 Å². The molecule has 1 aliphatic carbocycles. The van der Waals surface area contributed by atoms with Crippen LogP contribution in [0.3, 0.4) is 0 Å². The molecule has 17 heavy (non-hydrogen) atoms. The Balaban J connectivity index is 2.02. The van der Waals surface area contributed by atoms with Gasteiger partial charge in [0.05, 0.1) is 17.1 Å². The number of carboxylic acids is 1. The smallest absolute Gasteiger partial charge is 0.308 e. The molecule has 2 atom stereocenters. The highest BCUT2D eigenvalue weighted by atomic mass is 32.1. The maximum atomic E-state index is 11.1. The summed E-state index contributed by atoms with van der Waals surface area (Å²) in [6.45, 7) is 2.81. The van der Waals surface area contributed by atoms with Gasteiger partial charge in [-0.25, -0.2) is 4.98 Å². The van der Waals surface area contributed by atoms with E-state index in [1.807, 2.05) is 19.5 Å². The summed E-state index contributed by atoms with van der Waals surface area (Å²) in [6.07, 6.45) is 2.82. The van der Waals surface area contributed by atoms with Crippen LogP contribution < -0.4 is 0 Å². The van der Waals surface area contributed by atoms with Gasteiger partial charge in [-0.15, -0.1) is 11.3 Å². The highest BCUT2D eigenvalue weighted by Crippen LogP contribution is 2.31. The first-order chi connectivity index (χ1) is 8.09. The van der Waals surface area contributed by atoms with Crippen molar-refractivity contribution in [2.75, 3.05) is 7.05 Å². The summed E-state index contributed by atoms with van der Waals surface area (Å²) in [5.41, 5.74) is 2.91. The van der Waals surface area contributed by atoms with Crippen LogP contribution in [0.4, 0.5) is 0 Å². The van der Waals surface area contributed by atoms with Crippen LogP contribution in [-0.4, -0.2) is 34.0 Å². The van der Waals surface area contributed by atoms with Gasteiger partial charge in [-0.1, -0.05) is 6.42 Å². The third-order valence-electron chi connectivity index (χ3n) is 3.60. The van der Waals surface area contributed by atoms with Crippen LogP contribution in [0.2, 0.25) is 0 Å². The Labute approximate surface area is 105 Å². The van der Waals surface area contributed by atoms with E-state index in [-0.39, 0.29) is 12.0 Å². The van der Waals surface area contributed by atoms with Crippen LogP contribution in [0.1, 0.15) is 29.8 Å². The van der Waals surface area contributed by atoms with Crippen LogP contribution in [0, 0.1) is 12.8 Å². The SMILES string of the molecule is Cc1ncsc1CN(C)C1CCCC1C(=O)O. The molecule has 0 saturated heterocycles. The molecule has 94 valence electrons. The van der Waals surface area contributed by atoms with E-state index in [1.165, 1.54) is 4.88 Å². The standard InChI is InChI=1S/C12H18N2O2S/c1-8-11(17-7-13-8)6-14(2)10-5-3-4-9(10)12(15)16/h7,9-10H,3-6H2,1-2H3,(H,15,16). The summed E-state index contributed by atoms with van der Waals surface area (Å²) in [7, 11) is 2.02. The molecule has 1 aromatic heterocycles. The van der Waals surface area contributed by atoms with Crippen molar-refractivity contribution in [1.29, 1.82) is 0 Å². The Hall–Kier alpha value is -0.940. The molecule has 1 aromatic rings. The van der Waals surface area contributed by atoms with Gasteiger partial charge >= 0.3 is 5.97 Å². The van der Waals surface area contributed by atoms with E-state index in [1.54, 1.807) is 11.3 Å². The van der Waals surface area contributed by atoms with Crippen LogP contribution in [-0.2, 0) is 11.3 Å². The first-order valence-corrected chi connectivity index (χ1v) is 6.79. The lowest BCUT2D eigenvalue weighted by molar-refractivity contribution is -0.143. The largest absolute Gasteiger partial charge is 0.481 e. The van der Waals surface area contributed by atoms with E-state index in [2.05, 4.69) is 9.88 Å². The summed E-state index contributed by atoms with van der Waals surface area (Å²) in [5, 5.41) is 9.18. The fraction of sp³-hybridized carbons (Fsp3) is 0.667. The van der Waals surface area contributed by atoms with E-state index < -0.39 is 5.97 Å². The number of aliphatic carboxylic acids is 1. The summed E-state index contributed by atoms with van der Waals surface area (Å²) < 4.78 is 0. The second kappa shape index (κ2) is 5.14. The topological polar surface area (TPSA) is 53.4 Å². The molecular formula is C12H18N2O2S. The van der Waals surface area contributed by atoms with Crippen molar-refractivity contribution in [3.63, 3.8) is 0 Å². The van der Waals surface area contributed by atoms with Gasteiger partial charge in [-0.2, -0.15) is 0 Å². The minimum Gasteiger partial charge on any atom is -0.481 e. The molecule has 1 saturated carbocycles. The van der Waals surface area contributed by atoms with Gasteiger partial charge < -0.3 is 5.11 Å². The third kappa shape index (κ3) is 2.66. The molecule has 5 heteroatoms. The first-order valence-electron chi connectivity index (χ1n) is 5.91. The number of hydrogen-bond donors (Lipinski definition) is 1. The number of thiazole rings is 1. The number of aryl methyl sites for hydroxylation is 1. The predicted octanol–water partition coefficient (Wildman–Crippen LogP) is 2.14. The third-order valence-corrected chi connectivity index (χ3v) is 4.52. The van der Waals surface area contributed by atoms with Crippen LogP contribution in [0.25, 0.3) is 0 Å². The molecule has 1 N–H and O–H groups in total. The Bertz CT molecular complexity index is 405. The molecule has 2 rings (SSSR count). The maximum absolute atomic E-state index is 11.1. The van der Waals surface area contributed by atoms with E-state index in [9.17, 15) is 9.90 Å². The number of nitrogens with zero attached hydrogens (tertiary/aromatic N) is 2. The zero-order valence-corrected chi connectivity index (χ0v) is 11.0. The predicted molar refractivity (Wildman–Crippen MR) is 67.1 cm³/mol. The monoisotopic (exact) mass is 254 g/mol. The molecule has 1 heterocycles. The van der Waals surface area contributed by atoms with Crippen molar-refractivity contribution >= 4 is 17.3 Å². The van der Waals surface area contributed by atoms with E-state index in [0.29, 0.717) is 0 Å². The molecule has 0 amide bonds. The van der Waals surface area contributed by atoms with Crippen LogP contribution in [0.5, 0.6) is 0 Å². The molecule has 2 unspecified atom stereocenters. The van der Waals surface area contributed by atoms with Crippen LogP contribution >= 0.6 is 11.3 Å². The molecule has 0 spiro atoms. The molecular weight excluding hydrogens is 236 g/mol. The first kappa shape index (κ1) is 12.5. The summed E-state index contributed by atoms with van der Waals surface area (Å²) in [6, 6.07) is 0.175. The van der Waals surface area contributed by atoms with Crippen molar-refractivity contribution in [2.45, 2.75) is 38.8 Å². The summed E-state index contributed by atoms with van der Waals surface area (Å²) in [4.78, 5) is 18.8. The highest BCUT2D eigenvalue weighted by molar-refractivity contribution is 7.09. The number of aromatic nitrogens is 1. The van der Waals surface area contributed by atoms with Crippen LogP contribution in [0.15, 0.2) is 5.51 Å². The average Bonchev–Trinajstić information content (AvgIpc) is 2.87. The van der Waals surface area contributed by atoms with Gasteiger partial charge in [0, 0.05) is 17.5 Å². The Morgan fingerprint density at radius 1 is 1.65 bits per heavy atom. The van der Waals surface area contributed by atoms with Gasteiger partial charge in [-0.05, 0) is 26.8 Å². The van der Waals surface area contributed by atoms with Crippen molar-refractivity contribution in [3.05, 3.63) is 16.1 Å². The number of carbonyl (C=O) groups is 1. The Morgan fingerprint density at radius 2 is 2.41 bits per heavy atom. The van der Waals surface area contributed by atoms with E-state index >= 15 is 0 Å². The number of hydrogen-bond acceptors (Lipinski definition) is 4. The fourth-order valence-corrected chi connectivity index (χ4v) is 3.42. The average molecular weight is 254 g/mol. The normalized spacial score (nSPS) is 24.4. The lowest BCUT2D eigenvalue weighted by Gasteiger charge is -2.27. The van der Waals surface area contributed by atoms with Gasteiger partial charge in [0.15, 0.2) is 0 Å². The van der Waals surface area contributed by atoms with Crippen molar-refractivity contribution in [3.8, 4) is 0 Å². The lowest BCUT2D eigenvalue weighted by atomic mass is 10.0. The molecule has 1 fully saturated rings. The second-order valence-electron chi connectivity index (χ2n) is 4.72. The van der Waals surface area contributed by atoms with Crippen molar-refractivity contribution in [1.82, 2.24) is 9.88 Å². The van der Waals surface area contributed by atoms with Crippen molar-refractivity contribution in [2.24, 2.45) is 5.92 Å². The van der Waals surface area contributed by atoms with Gasteiger partial charge in [0.2, 0.25) is 0 Å². The minimum absolute atomic E-state index is 0.175. The Kier molecular flexibility index (Phi) is 3.79. The quantitative estimate of drug-likeness (QED) is 0.894. The van der Waals surface area contributed by atoms with Crippen molar-refractivity contribution < 1.29 is 9.90 Å². The molecule has 0 aliphatic heterocycles. The molecule has 0 bridgehead atoms. The summed E-state index contributed by atoms with van der Waals surface area (Å²) >= 11 is 1.65. The fourth-order valence-electron chi connectivity index (χ4n) is 2.58. The maximum Gasteiger partial charge on any atom is 0.308 e. The Morgan fingerprint density at radius 3 is 3.00 bits per heavy atom. The van der Waals surface area contributed by atoms with Gasteiger partial charge in [0.1, 0.15) is 0 Å². The molecule has 4 nitrogen and oxygen atoms in total. The lowest BCUT2D eigenvalue weighted by Crippen LogP contribution is -2.37. The number of rotatable bonds is 4. The van der Waals surface area contributed by atoms with Gasteiger partial charge in [0.25, 0.3) is 0 Å². The second-order valence-corrected chi connectivity index (χ2v) is 5.66. The summed E-state index contributed by atoms with van der Waals surface area (Å²) in [5.74, 6) is -0.853. The van der Waals surface area contributed by atoms with E-state index in [0.717, 1.165) is 31.5 Å². The minimum atomic E-state index is -0.652. The number of carboxylic acid groups (broad SMARTS) is 1.